The van der Waals surface area contributed by atoms with Crippen LogP contribution >= 0.6 is 0 Å². The fourth-order valence-corrected chi connectivity index (χ4v) is 4.03. The molecule has 0 unspecified atom stereocenters. The van der Waals surface area contributed by atoms with E-state index in [-0.39, 0.29) is 5.92 Å². The number of hydrogen-bond acceptors (Lipinski definition) is 5. The number of hydrogen-bond donors (Lipinski definition) is 0. The molecule has 1 aromatic rings. The summed E-state index contributed by atoms with van der Waals surface area (Å²) in [6.07, 6.45) is 0. The van der Waals surface area contributed by atoms with Gasteiger partial charge < -0.3 is 4.74 Å². The molecule has 0 spiro atoms. The zero-order chi connectivity index (χ0) is 16.9. The van der Waals surface area contributed by atoms with E-state index in [2.05, 4.69) is 11.0 Å². The number of sulfonamides is 1. The molecule has 1 aliphatic heterocycles. The van der Waals surface area contributed by atoms with Crippen molar-refractivity contribution in [3.63, 3.8) is 0 Å². The van der Waals surface area contributed by atoms with Gasteiger partial charge in [0.25, 0.3) is 0 Å². The zero-order valence-corrected chi connectivity index (χ0v) is 14.4. The smallest absolute Gasteiger partial charge is 0.243 e. The van der Waals surface area contributed by atoms with Crippen LogP contribution in [0.3, 0.4) is 0 Å². The number of piperazine rings is 1. The summed E-state index contributed by atoms with van der Waals surface area (Å²) in [5.74, 6) is 0.631. The third kappa shape index (κ3) is 4.44. The minimum absolute atomic E-state index is 0.0377. The number of nitrogens with zero attached hydrogens (tertiary/aromatic N) is 3. The van der Waals surface area contributed by atoms with Crippen LogP contribution in [-0.4, -0.2) is 57.0 Å². The summed E-state index contributed by atoms with van der Waals surface area (Å²) in [6.45, 7) is 7.22. The summed E-state index contributed by atoms with van der Waals surface area (Å²) in [6, 6.07) is 8.75. The van der Waals surface area contributed by atoms with E-state index in [0.717, 1.165) is 0 Å². The molecule has 6 nitrogen and oxygen atoms in total. The minimum atomic E-state index is -3.47. The van der Waals surface area contributed by atoms with Crippen molar-refractivity contribution in [3.8, 4) is 11.8 Å². The van der Waals surface area contributed by atoms with E-state index in [0.29, 0.717) is 50.0 Å². The van der Waals surface area contributed by atoms with E-state index in [9.17, 15) is 8.42 Å². The van der Waals surface area contributed by atoms with Gasteiger partial charge >= 0.3 is 0 Å². The van der Waals surface area contributed by atoms with Gasteiger partial charge in [-0.1, -0.05) is 0 Å². The molecule has 1 fully saturated rings. The van der Waals surface area contributed by atoms with Gasteiger partial charge in [0.05, 0.1) is 23.5 Å². The van der Waals surface area contributed by atoms with Crippen molar-refractivity contribution in [1.29, 1.82) is 5.26 Å². The number of ether oxygens (including phenoxy) is 1. The molecule has 126 valence electrons. The molecule has 0 saturated carbocycles. The zero-order valence-electron chi connectivity index (χ0n) is 13.6. The summed E-state index contributed by atoms with van der Waals surface area (Å²) in [5.41, 5.74) is 0. The van der Waals surface area contributed by atoms with Gasteiger partial charge in [-0.2, -0.15) is 9.57 Å². The molecule has 7 heteroatoms. The Labute approximate surface area is 138 Å². The highest BCUT2D eigenvalue weighted by molar-refractivity contribution is 7.89. The Morgan fingerprint density at radius 3 is 2.35 bits per heavy atom. The molecule has 0 amide bonds. The van der Waals surface area contributed by atoms with E-state index >= 15 is 0 Å². The van der Waals surface area contributed by atoms with Gasteiger partial charge in [0.1, 0.15) is 5.75 Å². The average Bonchev–Trinajstić information content (AvgIpc) is 2.56. The summed E-state index contributed by atoms with van der Waals surface area (Å²) < 4.78 is 32.2. The second-order valence-electron chi connectivity index (χ2n) is 5.64. The van der Waals surface area contributed by atoms with E-state index in [1.807, 2.05) is 13.8 Å². The Morgan fingerprint density at radius 1 is 1.22 bits per heavy atom. The predicted octanol–water partition coefficient (Wildman–Crippen LogP) is 1.55. The molecule has 0 aromatic heterocycles. The first kappa shape index (κ1) is 17.7. The van der Waals surface area contributed by atoms with Crippen molar-refractivity contribution in [2.45, 2.75) is 18.7 Å². The van der Waals surface area contributed by atoms with Crippen LogP contribution in [0.15, 0.2) is 29.2 Å². The van der Waals surface area contributed by atoms with Gasteiger partial charge in [-0.15, -0.1) is 0 Å². The highest BCUT2D eigenvalue weighted by Crippen LogP contribution is 2.21. The van der Waals surface area contributed by atoms with Crippen LogP contribution in [-0.2, 0) is 10.0 Å². The highest BCUT2D eigenvalue weighted by atomic mass is 32.2. The van der Waals surface area contributed by atoms with Crippen LogP contribution in [0.2, 0.25) is 0 Å². The third-order valence-electron chi connectivity index (χ3n) is 3.86. The first-order chi connectivity index (χ1) is 11.0. The van der Waals surface area contributed by atoms with Crippen LogP contribution in [0, 0.1) is 17.2 Å². The lowest BCUT2D eigenvalue weighted by atomic mass is 10.2. The molecule has 1 aromatic carbocycles. The molecule has 23 heavy (non-hydrogen) atoms. The van der Waals surface area contributed by atoms with Crippen molar-refractivity contribution in [2.24, 2.45) is 5.92 Å². The first-order valence-electron chi connectivity index (χ1n) is 7.82. The SMILES string of the molecule is CCOc1ccc(S(=O)(=O)N2CCN(C[C@@H](C)C#N)CC2)cc1. The van der Waals surface area contributed by atoms with Crippen molar-refractivity contribution < 1.29 is 13.2 Å². The Balaban J connectivity index is 2.00. The lowest BCUT2D eigenvalue weighted by Gasteiger charge is -2.34. The Hall–Kier alpha value is -1.62. The van der Waals surface area contributed by atoms with Gasteiger partial charge in [0, 0.05) is 32.7 Å². The fraction of sp³-hybridized carbons (Fsp3) is 0.562. The average molecular weight is 337 g/mol. The van der Waals surface area contributed by atoms with E-state index in [1.165, 1.54) is 4.31 Å². The summed E-state index contributed by atoms with van der Waals surface area (Å²) in [5, 5.41) is 8.86. The minimum Gasteiger partial charge on any atom is -0.494 e. The molecule has 0 aliphatic carbocycles. The standard InChI is InChI=1S/C16H23N3O3S/c1-3-22-15-4-6-16(7-5-15)23(20,21)19-10-8-18(9-11-19)13-14(2)12-17/h4-7,14H,3,8-11,13H2,1-2H3/t14-/m0/s1. The maximum atomic E-state index is 12.7. The number of rotatable bonds is 6. The molecule has 1 heterocycles. The summed E-state index contributed by atoms with van der Waals surface area (Å²) >= 11 is 0. The summed E-state index contributed by atoms with van der Waals surface area (Å²) in [7, 11) is -3.47. The van der Waals surface area contributed by atoms with E-state index < -0.39 is 10.0 Å². The fourth-order valence-electron chi connectivity index (χ4n) is 2.60. The van der Waals surface area contributed by atoms with Crippen molar-refractivity contribution in [1.82, 2.24) is 9.21 Å². The monoisotopic (exact) mass is 337 g/mol. The quantitative estimate of drug-likeness (QED) is 0.787. The molecular weight excluding hydrogens is 314 g/mol. The number of nitriles is 1. The highest BCUT2D eigenvalue weighted by Gasteiger charge is 2.28. The second-order valence-corrected chi connectivity index (χ2v) is 7.58. The van der Waals surface area contributed by atoms with Gasteiger partial charge in [0.2, 0.25) is 10.0 Å². The Kier molecular flexibility index (Phi) is 5.99. The molecule has 1 atom stereocenters. The van der Waals surface area contributed by atoms with Gasteiger partial charge in [-0.05, 0) is 38.1 Å². The maximum absolute atomic E-state index is 12.7. The number of benzene rings is 1. The summed E-state index contributed by atoms with van der Waals surface area (Å²) in [4.78, 5) is 2.43. The predicted molar refractivity (Wildman–Crippen MR) is 87.6 cm³/mol. The molecule has 0 radical (unpaired) electrons. The van der Waals surface area contributed by atoms with E-state index in [1.54, 1.807) is 24.3 Å². The van der Waals surface area contributed by atoms with Crippen LogP contribution in [0.4, 0.5) is 0 Å². The Morgan fingerprint density at radius 2 is 1.83 bits per heavy atom. The van der Waals surface area contributed by atoms with Crippen LogP contribution in [0.25, 0.3) is 0 Å². The van der Waals surface area contributed by atoms with Gasteiger partial charge in [-0.25, -0.2) is 8.42 Å². The molecule has 1 saturated heterocycles. The molecule has 1 aliphatic rings. The van der Waals surface area contributed by atoms with E-state index in [4.69, 9.17) is 10.00 Å². The van der Waals surface area contributed by atoms with Crippen LogP contribution < -0.4 is 4.74 Å². The lowest BCUT2D eigenvalue weighted by Crippen LogP contribution is -2.49. The Bertz CT molecular complexity index is 644. The molecule has 0 bridgehead atoms. The van der Waals surface area contributed by atoms with Crippen molar-refractivity contribution >= 4 is 10.0 Å². The molecular formula is C16H23N3O3S. The van der Waals surface area contributed by atoms with Crippen molar-refractivity contribution in [3.05, 3.63) is 24.3 Å². The van der Waals surface area contributed by atoms with Crippen molar-refractivity contribution in [2.75, 3.05) is 39.3 Å². The lowest BCUT2D eigenvalue weighted by molar-refractivity contribution is 0.178. The second kappa shape index (κ2) is 7.77. The maximum Gasteiger partial charge on any atom is 0.243 e. The van der Waals surface area contributed by atoms with Gasteiger partial charge in [0.15, 0.2) is 0 Å². The van der Waals surface area contributed by atoms with Gasteiger partial charge in [-0.3, -0.25) is 4.90 Å². The molecule has 0 N–H and O–H groups in total. The topological polar surface area (TPSA) is 73.6 Å². The third-order valence-corrected chi connectivity index (χ3v) is 5.77. The van der Waals surface area contributed by atoms with Crippen LogP contribution in [0.5, 0.6) is 5.75 Å². The first-order valence-corrected chi connectivity index (χ1v) is 9.26. The largest absolute Gasteiger partial charge is 0.494 e. The normalized spacial score (nSPS) is 18.3. The van der Waals surface area contributed by atoms with Crippen LogP contribution in [0.1, 0.15) is 13.8 Å². The molecule has 2 rings (SSSR count).